The number of amides is 2. The minimum Gasteiger partial charge on any atom is -0.311 e. The Labute approximate surface area is 230 Å². The molecule has 206 valence electrons. The normalized spacial score (nSPS) is 29.4. The fraction of sp³-hybridized carbons (Fsp3) is 0.625. The number of nitrogens with zero attached hydrogens (tertiary/aromatic N) is 2. The van der Waals surface area contributed by atoms with Crippen molar-refractivity contribution in [3.63, 3.8) is 0 Å². The molecule has 1 aromatic carbocycles. The predicted molar refractivity (Wildman–Crippen MR) is 151 cm³/mol. The van der Waals surface area contributed by atoms with E-state index in [1.54, 1.807) is 13.0 Å². The zero-order valence-electron chi connectivity index (χ0n) is 23.1. The average molecular weight is 529 g/mol. The lowest BCUT2D eigenvalue weighted by molar-refractivity contribution is -0.135. The number of hydrogen-bond acceptors (Lipinski definition) is 5. The van der Waals surface area contributed by atoms with Crippen LogP contribution in [0, 0.1) is 36.5 Å². The standard InChI is InChI=1S/C32H40N4O3/c1-21-34-26-11-8-10-25(29(26)31(39)36(21)27-12-13-28(37)35-30(27)38)9-6-4-2-3-5-7-14-33-32-18-22-15-23(19-32)17-24(16-22)20-32/h8,10-11,22-24,27,33H,2-5,7,12-20H2,1H3,(H,35,37,38). The van der Waals surface area contributed by atoms with Crippen LogP contribution in [0.3, 0.4) is 0 Å². The molecule has 1 aromatic heterocycles. The zero-order chi connectivity index (χ0) is 27.0. The van der Waals surface area contributed by atoms with Gasteiger partial charge in [-0.2, -0.15) is 0 Å². The van der Waals surface area contributed by atoms with Gasteiger partial charge >= 0.3 is 0 Å². The molecule has 1 saturated heterocycles. The summed E-state index contributed by atoms with van der Waals surface area (Å²) in [7, 11) is 0. The topological polar surface area (TPSA) is 93.1 Å². The molecule has 2 aromatic rings. The first-order valence-corrected chi connectivity index (χ1v) is 15.0. The van der Waals surface area contributed by atoms with Gasteiger partial charge in [-0.25, -0.2) is 4.98 Å². The van der Waals surface area contributed by atoms with E-state index in [4.69, 9.17) is 0 Å². The molecule has 5 fully saturated rings. The van der Waals surface area contributed by atoms with Crippen LogP contribution in [-0.4, -0.2) is 33.4 Å². The molecule has 5 aliphatic rings. The van der Waals surface area contributed by atoms with Gasteiger partial charge in [-0.3, -0.25) is 24.3 Å². The number of hydrogen-bond donors (Lipinski definition) is 2. The van der Waals surface area contributed by atoms with Crippen molar-refractivity contribution in [1.29, 1.82) is 0 Å². The molecular weight excluding hydrogens is 488 g/mol. The molecule has 1 atom stereocenters. The first kappa shape index (κ1) is 26.3. The van der Waals surface area contributed by atoms with E-state index in [1.165, 1.54) is 55.9 Å². The van der Waals surface area contributed by atoms with E-state index in [2.05, 4.69) is 27.5 Å². The third-order valence-electron chi connectivity index (χ3n) is 9.62. The smallest absolute Gasteiger partial charge is 0.263 e. The molecule has 4 bridgehead atoms. The first-order chi connectivity index (χ1) is 18.9. The molecule has 0 spiro atoms. The molecule has 7 heteroatoms. The molecule has 7 nitrogen and oxygen atoms in total. The summed E-state index contributed by atoms with van der Waals surface area (Å²) < 4.78 is 1.42. The molecule has 4 aliphatic carbocycles. The minimum absolute atomic E-state index is 0.208. The minimum atomic E-state index is -0.731. The van der Waals surface area contributed by atoms with Gasteiger partial charge in [-0.05, 0) is 101 Å². The Bertz CT molecular complexity index is 1360. The van der Waals surface area contributed by atoms with Gasteiger partial charge in [0, 0.05) is 23.9 Å². The van der Waals surface area contributed by atoms with Crippen molar-refractivity contribution in [3.05, 3.63) is 39.9 Å². The third kappa shape index (κ3) is 5.41. The van der Waals surface area contributed by atoms with E-state index < -0.39 is 11.9 Å². The van der Waals surface area contributed by atoms with Crippen LogP contribution in [-0.2, 0) is 9.59 Å². The number of aryl methyl sites for hydroxylation is 1. The molecule has 4 saturated carbocycles. The average Bonchev–Trinajstić information content (AvgIpc) is 2.88. The summed E-state index contributed by atoms with van der Waals surface area (Å²) in [5, 5.41) is 6.79. The maximum absolute atomic E-state index is 13.5. The molecule has 0 radical (unpaired) electrons. The first-order valence-electron chi connectivity index (χ1n) is 15.0. The van der Waals surface area contributed by atoms with E-state index in [9.17, 15) is 14.4 Å². The Kier molecular flexibility index (Phi) is 7.33. The fourth-order valence-corrected chi connectivity index (χ4v) is 8.28. The lowest BCUT2D eigenvalue weighted by Crippen LogP contribution is -2.58. The highest BCUT2D eigenvalue weighted by molar-refractivity contribution is 5.99. The molecule has 2 N–H and O–H groups in total. The number of rotatable bonds is 8. The largest absolute Gasteiger partial charge is 0.311 e. The van der Waals surface area contributed by atoms with Crippen molar-refractivity contribution in [3.8, 4) is 11.8 Å². The molecule has 2 heterocycles. The number of aromatic nitrogens is 2. The Morgan fingerprint density at radius 1 is 1.03 bits per heavy atom. The summed E-state index contributed by atoms with van der Waals surface area (Å²) in [6.07, 6.45) is 14.7. The summed E-state index contributed by atoms with van der Waals surface area (Å²) in [5.74, 6) is 9.14. The Morgan fingerprint density at radius 3 is 2.46 bits per heavy atom. The van der Waals surface area contributed by atoms with Gasteiger partial charge in [0.15, 0.2) is 0 Å². The highest BCUT2D eigenvalue weighted by atomic mass is 16.2. The van der Waals surface area contributed by atoms with Crippen molar-refractivity contribution in [1.82, 2.24) is 20.2 Å². The van der Waals surface area contributed by atoms with Gasteiger partial charge in [-0.15, -0.1) is 0 Å². The summed E-state index contributed by atoms with van der Waals surface area (Å²) in [6, 6.07) is 4.79. The van der Waals surface area contributed by atoms with Crippen LogP contribution in [0.25, 0.3) is 10.9 Å². The zero-order valence-corrected chi connectivity index (χ0v) is 23.1. The van der Waals surface area contributed by atoms with E-state index >= 15 is 0 Å². The maximum Gasteiger partial charge on any atom is 0.263 e. The number of carbonyl (C=O) groups excluding carboxylic acids is 2. The maximum atomic E-state index is 13.5. The lowest BCUT2D eigenvalue weighted by Gasteiger charge is -2.57. The van der Waals surface area contributed by atoms with Gasteiger partial charge < -0.3 is 5.32 Å². The second kappa shape index (κ2) is 10.9. The van der Waals surface area contributed by atoms with Gasteiger partial charge in [0.2, 0.25) is 11.8 Å². The molecular formula is C32H40N4O3. The number of piperidine rings is 1. The summed E-state index contributed by atoms with van der Waals surface area (Å²) in [6.45, 7) is 2.86. The quantitative estimate of drug-likeness (QED) is 0.298. The van der Waals surface area contributed by atoms with E-state index in [0.29, 0.717) is 34.3 Å². The van der Waals surface area contributed by atoms with Gasteiger partial charge in [0.25, 0.3) is 5.56 Å². The van der Waals surface area contributed by atoms with E-state index in [-0.39, 0.29) is 17.9 Å². The van der Waals surface area contributed by atoms with Crippen molar-refractivity contribution in [2.45, 2.75) is 102 Å². The van der Waals surface area contributed by atoms with Crippen LogP contribution >= 0.6 is 0 Å². The number of unbranched alkanes of at least 4 members (excludes halogenated alkanes) is 4. The van der Waals surface area contributed by atoms with Gasteiger partial charge in [0.1, 0.15) is 11.9 Å². The number of benzene rings is 1. The molecule has 7 rings (SSSR count). The van der Waals surface area contributed by atoms with Gasteiger partial charge in [0.05, 0.1) is 10.9 Å². The number of nitrogens with one attached hydrogen (secondary N) is 2. The van der Waals surface area contributed by atoms with E-state index in [1.807, 2.05) is 12.1 Å². The van der Waals surface area contributed by atoms with Crippen molar-refractivity contribution in [2.24, 2.45) is 17.8 Å². The Hall–Kier alpha value is -2.98. The summed E-state index contributed by atoms with van der Waals surface area (Å²) in [5.41, 5.74) is 1.41. The van der Waals surface area contributed by atoms with Crippen molar-refractivity contribution < 1.29 is 9.59 Å². The number of carbonyl (C=O) groups is 2. The highest BCUT2D eigenvalue weighted by Gasteiger charge is 2.50. The lowest BCUT2D eigenvalue weighted by atomic mass is 9.53. The van der Waals surface area contributed by atoms with E-state index in [0.717, 1.165) is 43.6 Å². The predicted octanol–water partition coefficient (Wildman–Crippen LogP) is 4.54. The number of imide groups is 1. The monoisotopic (exact) mass is 528 g/mol. The number of fused-ring (bicyclic) bond motifs is 1. The van der Waals surface area contributed by atoms with Crippen LogP contribution in [0.15, 0.2) is 23.0 Å². The summed E-state index contributed by atoms with van der Waals surface area (Å²) >= 11 is 0. The second-order valence-electron chi connectivity index (χ2n) is 12.6. The van der Waals surface area contributed by atoms with Crippen molar-refractivity contribution in [2.75, 3.05) is 6.54 Å². The van der Waals surface area contributed by atoms with Crippen LogP contribution < -0.4 is 16.2 Å². The van der Waals surface area contributed by atoms with Crippen molar-refractivity contribution >= 4 is 22.7 Å². The molecule has 1 aliphatic heterocycles. The fourth-order valence-electron chi connectivity index (χ4n) is 8.28. The molecule has 2 amide bonds. The highest BCUT2D eigenvalue weighted by Crippen LogP contribution is 2.55. The van der Waals surface area contributed by atoms with Crippen LogP contribution in [0.1, 0.15) is 101 Å². The Morgan fingerprint density at radius 2 is 1.74 bits per heavy atom. The van der Waals surface area contributed by atoms with Crippen LogP contribution in [0.5, 0.6) is 0 Å². The van der Waals surface area contributed by atoms with Gasteiger partial charge in [-0.1, -0.05) is 30.7 Å². The SMILES string of the molecule is Cc1nc2cccc(C#CCCCCCCNC34CC5CC(CC(C5)C3)C4)c2c(=O)n1C1CCC(=O)NC1=O. The third-order valence-corrected chi connectivity index (χ3v) is 9.62. The van der Waals surface area contributed by atoms with Crippen LogP contribution in [0.2, 0.25) is 0 Å². The van der Waals surface area contributed by atoms with Crippen LogP contribution in [0.4, 0.5) is 0 Å². The second-order valence-corrected chi connectivity index (χ2v) is 12.6. The molecule has 39 heavy (non-hydrogen) atoms. The summed E-state index contributed by atoms with van der Waals surface area (Å²) in [4.78, 5) is 42.2. The Balaban J connectivity index is 1.02. The molecule has 1 unspecified atom stereocenters.